The van der Waals surface area contributed by atoms with Crippen molar-refractivity contribution in [3.05, 3.63) is 63.7 Å². The Balaban J connectivity index is 2.17. The van der Waals surface area contributed by atoms with E-state index in [1.807, 2.05) is 18.2 Å². The molecular formula is C16H8BrClF3N. The molecule has 0 aliphatic rings. The maximum atomic E-state index is 12.6. The Morgan fingerprint density at radius 2 is 1.64 bits per heavy atom. The smallest absolute Gasteiger partial charge is 0.236 e. The van der Waals surface area contributed by atoms with Gasteiger partial charge in [-0.15, -0.1) is 0 Å². The zero-order valence-corrected chi connectivity index (χ0v) is 13.3. The van der Waals surface area contributed by atoms with E-state index >= 15 is 0 Å². The predicted molar refractivity (Wildman–Crippen MR) is 84.9 cm³/mol. The molecule has 0 N–H and O–H groups in total. The molecular weight excluding hydrogens is 379 g/mol. The topological polar surface area (TPSA) is 12.9 Å². The molecule has 22 heavy (non-hydrogen) atoms. The largest absolute Gasteiger partial charge is 0.416 e. The summed E-state index contributed by atoms with van der Waals surface area (Å²) in [6.07, 6.45) is -4.35. The van der Waals surface area contributed by atoms with Crippen LogP contribution in [0.15, 0.2) is 53.0 Å². The standard InChI is InChI=1S/C16H8BrClF3N/c17-11-5-6-12-13(8-15(18)22-14(12)7-11)9-1-3-10(4-2-9)16(19,20)21/h1-8H. The van der Waals surface area contributed by atoms with Gasteiger partial charge in [0.25, 0.3) is 0 Å². The van der Waals surface area contributed by atoms with Crippen LogP contribution in [0, 0.1) is 0 Å². The molecule has 2 aromatic carbocycles. The summed E-state index contributed by atoms with van der Waals surface area (Å²) in [6.45, 7) is 0. The molecule has 0 bridgehead atoms. The first-order valence-electron chi connectivity index (χ1n) is 6.28. The van der Waals surface area contributed by atoms with Gasteiger partial charge in [0.15, 0.2) is 0 Å². The molecule has 0 amide bonds. The van der Waals surface area contributed by atoms with Gasteiger partial charge >= 0.3 is 6.18 Å². The molecule has 3 aromatic rings. The Labute approximate surface area is 137 Å². The summed E-state index contributed by atoms with van der Waals surface area (Å²) in [7, 11) is 0. The minimum Gasteiger partial charge on any atom is -0.236 e. The lowest BCUT2D eigenvalue weighted by Gasteiger charge is -2.10. The van der Waals surface area contributed by atoms with Crippen LogP contribution in [0.3, 0.4) is 0 Å². The molecule has 0 spiro atoms. The SMILES string of the molecule is FC(F)(F)c1ccc(-c2cc(Cl)nc3cc(Br)ccc23)cc1. The lowest BCUT2D eigenvalue weighted by atomic mass is 10.00. The summed E-state index contributed by atoms with van der Waals surface area (Å²) >= 11 is 9.38. The van der Waals surface area contributed by atoms with Crippen molar-refractivity contribution in [2.24, 2.45) is 0 Å². The fraction of sp³-hybridized carbons (Fsp3) is 0.0625. The van der Waals surface area contributed by atoms with Gasteiger partial charge in [0.2, 0.25) is 0 Å². The highest BCUT2D eigenvalue weighted by molar-refractivity contribution is 9.10. The molecule has 0 atom stereocenters. The van der Waals surface area contributed by atoms with E-state index in [1.165, 1.54) is 12.1 Å². The van der Waals surface area contributed by atoms with Crippen LogP contribution >= 0.6 is 27.5 Å². The van der Waals surface area contributed by atoms with Crippen LogP contribution < -0.4 is 0 Å². The van der Waals surface area contributed by atoms with Crippen LogP contribution in [0.2, 0.25) is 5.15 Å². The van der Waals surface area contributed by atoms with Crippen LogP contribution in [0.4, 0.5) is 13.2 Å². The molecule has 0 aliphatic heterocycles. The molecule has 0 radical (unpaired) electrons. The van der Waals surface area contributed by atoms with E-state index < -0.39 is 11.7 Å². The number of halogens is 5. The van der Waals surface area contributed by atoms with Gasteiger partial charge in [0.1, 0.15) is 5.15 Å². The van der Waals surface area contributed by atoms with Gasteiger partial charge in [-0.3, -0.25) is 0 Å². The maximum absolute atomic E-state index is 12.6. The minimum absolute atomic E-state index is 0.292. The summed E-state index contributed by atoms with van der Waals surface area (Å²) in [6, 6.07) is 12.2. The van der Waals surface area contributed by atoms with E-state index in [0.717, 1.165) is 27.6 Å². The second kappa shape index (κ2) is 5.56. The highest BCUT2D eigenvalue weighted by Gasteiger charge is 2.30. The number of benzene rings is 2. The van der Waals surface area contributed by atoms with E-state index in [0.29, 0.717) is 16.2 Å². The van der Waals surface area contributed by atoms with Gasteiger partial charge in [-0.05, 0) is 41.5 Å². The fourth-order valence-electron chi connectivity index (χ4n) is 2.25. The fourth-order valence-corrected chi connectivity index (χ4v) is 2.80. The predicted octanol–water partition coefficient (Wildman–Crippen LogP) is 6.34. The number of fused-ring (bicyclic) bond motifs is 1. The Morgan fingerprint density at radius 1 is 0.955 bits per heavy atom. The minimum atomic E-state index is -4.35. The van der Waals surface area contributed by atoms with Gasteiger partial charge in [-0.2, -0.15) is 13.2 Å². The van der Waals surface area contributed by atoms with Crippen LogP contribution in [0.5, 0.6) is 0 Å². The maximum Gasteiger partial charge on any atom is 0.416 e. The van der Waals surface area contributed by atoms with Gasteiger partial charge in [-0.1, -0.05) is 45.7 Å². The average molecular weight is 387 g/mol. The van der Waals surface area contributed by atoms with E-state index in [9.17, 15) is 13.2 Å². The molecule has 6 heteroatoms. The molecule has 0 fully saturated rings. The number of rotatable bonds is 1. The molecule has 0 saturated carbocycles. The Bertz CT molecular complexity index is 839. The first kappa shape index (κ1) is 15.3. The molecule has 0 saturated heterocycles. The van der Waals surface area contributed by atoms with Gasteiger partial charge in [-0.25, -0.2) is 4.98 Å². The first-order valence-corrected chi connectivity index (χ1v) is 7.45. The van der Waals surface area contributed by atoms with Gasteiger partial charge in [0, 0.05) is 9.86 Å². The lowest BCUT2D eigenvalue weighted by Crippen LogP contribution is -2.04. The van der Waals surface area contributed by atoms with Gasteiger partial charge < -0.3 is 0 Å². The first-order chi connectivity index (χ1) is 10.3. The highest BCUT2D eigenvalue weighted by atomic mass is 79.9. The van der Waals surface area contributed by atoms with E-state index in [-0.39, 0.29) is 0 Å². The molecule has 1 aromatic heterocycles. The molecule has 0 aliphatic carbocycles. The third-order valence-corrected chi connectivity index (χ3v) is 3.95. The zero-order chi connectivity index (χ0) is 15.9. The number of alkyl halides is 3. The summed E-state index contributed by atoms with van der Waals surface area (Å²) in [5.74, 6) is 0. The number of hydrogen-bond acceptors (Lipinski definition) is 1. The van der Waals surface area contributed by atoms with E-state index in [1.54, 1.807) is 6.07 Å². The average Bonchev–Trinajstić information content (AvgIpc) is 2.45. The van der Waals surface area contributed by atoms with E-state index in [4.69, 9.17) is 11.6 Å². The monoisotopic (exact) mass is 385 g/mol. The van der Waals surface area contributed by atoms with Crippen molar-refractivity contribution < 1.29 is 13.2 Å². The summed E-state index contributed by atoms with van der Waals surface area (Å²) < 4.78 is 38.8. The second-order valence-electron chi connectivity index (χ2n) is 4.73. The second-order valence-corrected chi connectivity index (χ2v) is 6.03. The van der Waals surface area contributed by atoms with Crippen LogP contribution in [0.25, 0.3) is 22.0 Å². The molecule has 112 valence electrons. The van der Waals surface area contributed by atoms with Crippen molar-refractivity contribution >= 4 is 38.4 Å². The van der Waals surface area contributed by atoms with Crippen molar-refractivity contribution in [2.75, 3.05) is 0 Å². The quantitative estimate of drug-likeness (QED) is 0.445. The zero-order valence-electron chi connectivity index (χ0n) is 11.0. The van der Waals surface area contributed by atoms with Crippen molar-refractivity contribution in [1.29, 1.82) is 0 Å². The van der Waals surface area contributed by atoms with Crippen LogP contribution in [0.1, 0.15) is 5.56 Å². The number of hydrogen-bond donors (Lipinski definition) is 0. The Morgan fingerprint density at radius 3 is 2.27 bits per heavy atom. The third kappa shape index (κ3) is 2.96. The van der Waals surface area contributed by atoms with Crippen LogP contribution in [-0.4, -0.2) is 4.98 Å². The summed E-state index contributed by atoms with van der Waals surface area (Å²) in [5, 5.41) is 1.12. The van der Waals surface area contributed by atoms with Crippen molar-refractivity contribution in [2.45, 2.75) is 6.18 Å². The number of pyridine rings is 1. The number of aromatic nitrogens is 1. The van der Waals surface area contributed by atoms with E-state index in [2.05, 4.69) is 20.9 Å². The Hall–Kier alpha value is -1.59. The van der Waals surface area contributed by atoms with Crippen LogP contribution in [-0.2, 0) is 6.18 Å². The summed E-state index contributed by atoms with van der Waals surface area (Å²) in [5.41, 5.74) is 1.40. The molecule has 0 unspecified atom stereocenters. The normalized spacial score (nSPS) is 11.9. The lowest BCUT2D eigenvalue weighted by molar-refractivity contribution is -0.137. The van der Waals surface area contributed by atoms with Crippen molar-refractivity contribution in [3.8, 4) is 11.1 Å². The molecule has 1 heterocycles. The summed E-state index contributed by atoms with van der Waals surface area (Å²) in [4.78, 5) is 4.23. The van der Waals surface area contributed by atoms with Gasteiger partial charge in [0.05, 0.1) is 11.1 Å². The molecule has 1 nitrogen and oxygen atoms in total. The Kier molecular flexibility index (Phi) is 3.87. The van der Waals surface area contributed by atoms with Crippen molar-refractivity contribution in [1.82, 2.24) is 4.98 Å². The third-order valence-electron chi connectivity index (χ3n) is 3.26. The molecule has 3 rings (SSSR count). The number of nitrogens with zero attached hydrogens (tertiary/aromatic N) is 1. The van der Waals surface area contributed by atoms with Crippen molar-refractivity contribution in [3.63, 3.8) is 0 Å². The highest BCUT2D eigenvalue weighted by Crippen LogP contribution is 2.34.